The molecule has 1 aliphatic carbocycles. The van der Waals surface area contributed by atoms with Gasteiger partial charge in [-0.1, -0.05) is 74.5 Å². The van der Waals surface area contributed by atoms with Gasteiger partial charge in [-0.2, -0.15) is 0 Å². The van der Waals surface area contributed by atoms with E-state index in [9.17, 15) is 9.59 Å². The summed E-state index contributed by atoms with van der Waals surface area (Å²) in [6.45, 7) is 9.54. The molecule has 4 rings (SSSR count). The van der Waals surface area contributed by atoms with E-state index in [1.54, 1.807) is 6.92 Å². The Bertz CT molecular complexity index is 1220. The van der Waals surface area contributed by atoms with Crippen LogP contribution in [0.15, 0.2) is 89.5 Å². The number of carbonyl (C=O) groups excluding carboxylic acids is 2. The third-order valence-electron chi connectivity index (χ3n) is 7.11. The van der Waals surface area contributed by atoms with Gasteiger partial charge in [0.05, 0.1) is 30.6 Å². The number of para-hydroxylation sites is 2. The quantitative estimate of drug-likeness (QED) is 0.344. The summed E-state index contributed by atoms with van der Waals surface area (Å²) < 4.78 is 5.81. The molecular formula is C32H38N2O3. The highest BCUT2D eigenvalue weighted by atomic mass is 16.5. The summed E-state index contributed by atoms with van der Waals surface area (Å²) in [5, 5.41) is 3.51. The molecular weight excluding hydrogens is 460 g/mol. The number of nitrogens with one attached hydrogen (secondary N) is 1. The third-order valence-corrected chi connectivity index (χ3v) is 7.11. The van der Waals surface area contributed by atoms with Crippen molar-refractivity contribution in [3.05, 3.63) is 95.1 Å². The predicted molar refractivity (Wildman–Crippen MR) is 151 cm³/mol. The van der Waals surface area contributed by atoms with Crippen molar-refractivity contribution in [2.45, 2.75) is 59.6 Å². The lowest BCUT2D eigenvalue weighted by Gasteiger charge is -2.42. The zero-order valence-corrected chi connectivity index (χ0v) is 22.4. The molecule has 1 aliphatic heterocycles. The van der Waals surface area contributed by atoms with Gasteiger partial charge in [-0.15, -0.1) is 0 Å². The van der Waals surface area contributed by atoms with E-state index in [-0.39, 0.29) is 17.1 Å². The number of ether oxygens (including phenoxy) is 1. The van der Waals surface area contributed by atoms with E-state index in [1.807, 2.05) is 72.5 Å². The van der Waals surface area contributed by atoms with Gasteiger partial charge < -0.3 is 10.1 Å². The van der Waals surface area contributed by atoms with Crippen LogP contribution in [-0.4, -0.2) is 30.9 Å². The van der Waals surface area contributed by atoms with Crippen molar-refractivity contribution >= 4 is 23.1 Å². The summed E-state index contributed by atoms with van der Waals surface area (Å²) in [6, 6.07) is 17.5. The maximum Gasteiger partial charge on any atom is 0.224 e. The second-order valence-corrected chi connectivity index (χ2v) is 10.7. The van der Waals surface area contributed by atoms with E-state index >= 15 is 0 Å². The van der Waals surface area contributed by atoms with Gasteiger partial charge in [0.25, 0.3) is 0 Å². The van der Waals surface area contributed by atoms with E-state index < -0.39 is 6.04 Å². The van der Waals surface area contributed by atoms with Crippen LogP contribution in [0.1, 0.15) is 52.5 Å². The minimum atomic E-state index is -0.431. The molecule has 0 spiro atoms. The fraction of sp³-hybridized carbons (Fsp3) is 0.375. The van der Waals surface area contributed by atoms with Crippen molar-refractivity contribution in [2.24, 2.45) is 5.41 Å². The fourth-order valence-electron chi connectivity index (χ4n) is 5.47. The molecule has 194 valence electrons. The number of hydrogen-bond donors (Lipinski definition) is 1. The standard InChI is InChI=1S/C32H38N2O3/c1-5-25(15-11-12-18-37-22-24-13-7-6-8-14-24)31-30-26(19-32(3,4)20-29(30)36)21-33-27-16-9-10-17-28(27)34(31)23(2)35/h5-14,16-17,31,33H,15,18-22H2,1-4H3/b12-11-,25-5+. The average molecular weight is 499 g/mol. The van der Waals surface area contributed by atoms with E-state index in [0.29, 0.717) is 32.6 Å². The highest BCUT2D eigenvalue weighted by Gasteiger charge is 2.41. The maximum atomic E-state index is 13.7. The van der Waals surface area contributed by atoms with Crippen molar-refractivity contribution in [1.82, 2.24) is 0 Å². The van der Waals surface area contributed by atoms with Crippen molar-refractivity contribution in [3.63, 3.8) is 0 Å². The largest absolute Gasteiger partial charge is 0.380 e. The van der Waals surface area contributed by atoms with Crippen LogP contribution >= 0.6 is 0 Å². The molecule has 0 saturated carbocycles. The number of nitrogens with zero attached hydrogens (tertiary/aromatic N) is 1. The number of ketones is 1. The summed E-state index contributed by atoms with van der Waals surface area (Å²) in [5.41, 5.74) is 5.66. The Kier molecular flexibility index (Phi) is 8.45. The smallest absolute Gasteiger partial charge is 0.224 e. The summed E-state index contributed by atoms with van der Waals surface area (Å²) in [5.74, 6) is 0.0540. The van der Waals surface area contributed by atoms with Crippen LogP contribution in [0.4, 0.5) is 11.4 Å². The number of allylic oxidation sites excluding steroid dienone is 2. The van der Waals surface area contributed by atoms with Crippen LogP contribution in [0.3, 0.4) is 0 Å². The molecule has 1 N–H and O–H groups in total. The van der Waals surface area contributed by atoms with E-state index in [2.05, 4.69) is 31.3 Å². The normalized spacial score (nSPS) is 19.7. The Labute approximate surface area is 220 Å². The zero-order chi connectivity index (χ0) is 26.4. The summed E-state index contributed by atoms with van der Waals surface area (Å²) in [4.78, 5) is 28.7. The summed E-state index contributed by atoms with van der Waals surface area (Å²) in [6.07, 6.45) is 8.10. The maximum absolute atomic E-state index is 13.7. The monoisotopic (exact) mass is 498 g/mol. The first-order valence-electron chi connectivity index (χ1n) is 13.1. The molecule has 0 saturated heterocycles. The average Bonchev–Trinajstić information content (AvgIpc) is 2.85. The van der Waals surface area contributed by atoms with Crippen molar-refractivity contribution in [3.8, 4) is 0 Å². The minimum absolute atomic E-state index is 0.0832. The summed E-state index contributed by atoms with van der Waals surface area (Å²) in [7, 11) is 0. The third kappa shape index (κ3) is 6.28. The number of anilines is 2. The lowest BCUT2D eigenvalue weighted by Crippen LogP contribution is -2.47. The van der Waals surface area contributed by atoms with Gasteiger partial charge in [0.1, 0.15) is 0 Å². The molecule has 2 aliphatic rings. The van der Waals surface area contributed by atoms with Gasteiger partial charge >= 0.3 is 0 Å². The Morgan fingerprint density at radius 1 is 1.08 bits per heavy atom. The lowest BCUT2D eigenvalue weighted by molar-refractivity contribution is -0.118. The van der Waals surface area contributed by atoms with Crippen LogP contribution in [0, 0.1) is 5.41 Å². The Hall–Kier alpha value is -3.44. The molecule has 2 aromatic rings. The Morgan fingerprint density at radius 2 is 1.81 bits per heavy atom. The van der Waals surface area contributed by atoms with Crippen LogP contribution in [0.2, 0.25) is 0 Å². The number of hydrogen-bond acceptors (Lipinski definition) is 4. The van der Waals surface area contributed by atoms with Gasteiger partial charge in [0.15, 0.2) is 5.78 Å². The van der Waals surface area contributed by atoms with Crippen LogP contribution in [-0.2, 0) is 20.9 Å². The molecule has 1 unspecified atom stereocenters. The lowest BCUT2D eigenvalue weighted by atomic mass is 9.70. The Morgan fingerprint density at radius 3 is 2.54 bits per heavy atom. The number of Topliss-reactive ketones (excluding diaryl/α,β-unsaturated/α-hetero) is 1. The van der Waals surface area contributed by atoms with Gasteiger partial charge in [0.2, 0.25) is 5.91 Å². The first-order valence-corrected chi connectivity index (χ1v) is 13.1. The van der Waals surface area contributed by atoms with E-state index in [0.717, 1.165) is 40.1 Å². The zero-order valence-electron chi connectivity index (χ0n) is 22.4. The number of benzene rings is 2. The first-order chi connectivity index (χ1) is 17.8. The number of amides is 1. The predicted octanol–water partition coefficient (Wildman–Crippen LogP) is 6.63. The first kappa shape index (κ1) is 26.6. The molecule has 5 nitrogen and oxygen atoms in total. The molecule has 37 heavy (non-hydrogen) atoms. The van der Waals surface area contributed by atoms with Crippen LogP contribution in [0.25, 0.3) is 0 Å². The second kappa shape index (κ2) is 11.7. The summed E-state index contributed by atoms with van der Waals surface area (Å²) >= 11 is 0. The molecule has 1 atom stereocenters. The minimum Gasteiger partial charge on any atom is -0.380 e. The molecule has 5 heteroatoms. The molecule has 1 amide bonds. The molecule has 0 fully saturated rings. The molecule has 0 radical (unpaired) electrons. The van der Waals surface area contributed by atoms with Gasteiger partial charge in [-0.05, 0) is 54.0 Å². The second-order valence-electron chi connectivity index (χ2n) is 10.7. The van der Waals surface area contributed by atoms with Gasteiger partial charge in [-0.25, -0.2) is 0 Å². The number of rotatable bonds is 7. The number of carbonyl (C=O) groups is 2. The van der Waals surface area contributed by atoms with Crippen LogP contribution in [0.5, 0.6) is 0 Å². The fourth-order valence-corrected chi connectivity index (χ4v) is 5.47. The molecule has 0 aromatic heterocycles. The van der Waals surface area contributed by atoms with Gasteiger partial charge in [0, 0.05) is 25.5 Å². The van der Waals surface area contributed by atoms with Crippen molar-refractivity contribution in [1.29, 1.82) is 0 Å². The Balaban J connectivity index is 1.64. The highest BCUT2D eigenvalue weighted by Crippen LogP contribution is 2.43. The van der Waals surface area contributed by atoms with Crippen molar-refractivity contribution in [2.75, 3.05) is 23.4 Å². The molecule has 1 heterocycles. The van der Waals surface area contributed by atoms with E-state index in [4.69, 9.17) is 4.74 Å². The topological polar surface area (TPSA) is 58.6 Å². The van der Waals surface area contributed by atoms with Crippen molar-refractivity contribution < 1.29 is 14.3 Å². The van der Waals surface area contributed by atoms with Crippen LogP contribution < -0.4 is 10.2 Å². The SMILES string of the molecule is C/C=C(\C/C=C\COCc1ccccc1)C1C2=C(CNc3ccccc3N1C(C)=O)CC(C)(C)CC2=O. The number of fused-ring (bicyclic) bond motifs is 1. The van der Waals surface area contributed by atoms with E-state index in [1.165, 1.54) is 0 Å². The van der Waals surface area contributed by atoms with Gasteiger partial charge in [-0.3, -0.25) is 14.5 Å². The highest BCUT2D eigenvalue weighted by molar-refractivity contribution is 6.05. The molecule has 2 aromatic carbocycles. The molecule has 0 bridgehead atoms.